The number of benzene rings is 2. The minimum Gasteiger partial charge on any atom is -0.356 e. The molecule has 0 aromatic heterocycles. The van der Waals surface area contributed by atoms with E-state index in [0.717, 1.165) is 22.9 Å². The van der Waals surface area contributed by atoms with Gasteiger partial charge in [0.2, 0.25) is 0 Å². The molecule has 0 atom stereocenters. The Hall–Kier alpha value is -1.41. The molecular formula is C21H20Cl2F3N3S. The molecule has 3 aliphatic rings. The molecule has 3 aliphatic heterocycles. The van der Waals surface area contributed by atoms with E-state index in [0.29, 0.717) is 26.5 Å². The maximum absolute atomic E-state index is 15.2. The standard InChI is InChI=1S/C21H20Cl2F3N3S/c1-13-10-16(23)17-11-18(13)30-12-21(25,26)28-20(24)6-8-29(9-7-20)19(27-17)14-2-4-15(22)5-3-14/h2-5,10-11,28H,6-9,12H2,1H3. The Bertz CT molecular complexity index is 974. The average molecular weight is 474 g/mol. The molecule has 0 spiro atoms. The van der Waals surface area contributed by atoms with Crippen LogP contribution in [0.25, 0.3) is 0 Å². The third kappa shape index (κ3) is 4.74. The predicted octanol–water partition coefficient (Wildman–Crippen LogP) is 6.43. The molecule has 0 radical (unpaired) electrons. The highest BCUT2D eigenvalue weighted by molar-refractivity contribution is 7.99. The smallest absolute Gasteiger partial charge is 0.314 e. The molecule has 0 amide bonds. The molecule has 30 heavy (non-hydrogen) atoms. The van der Waals surface area contributed by atoms with Gasteiger partial charge < -0.3 is 4.90 Å². The normalized spacial score (nSPS) is 20.7. The second kappa shape index (κ2) is 8.26. The van der Waals surface area contributed by atoms with Crippen LogP contribution < -0.4 is 5.32 Å². The van der Waals surface area contributed by atoms with Crippen molar-refractivity contribution in [3.8, 4) is 0 Å². The van der Waals surface area contributed by atoms with Gasteiger partial charge in [0, 0.05) is 41.4 Å². The molecule has 4 bridgehead atoms. The number of hydrogen-bond donors (Lipinski definition) is 1. The number of nitrogens with zero attached hydrogens (tertiary/aromatic N) is 2. The number of aliphatic imine (C=N–C) groups is 1. The highest BCUT2D eigenvalue weighted by atomic mass is 35.5. The van der Waals surface area contributed by atoms with Crippen LogP contribution in [0.3, 0.4) is 0 Å². The summed E-state index contributed by atoms with van der Waals surface area (Å²) in [5, 5.41) is 2.98. The van der Waals surface area contributed by atoms with Crippen molar-refractivity contribution in [2.45, 2.75) is 36.5 Å². The number of alkyl halides is 3. The zero-order valence-corrected chi connectivity index (χ0v) is 18.5. The van der Waals surface area contributed by atoms with E-state index in [-0.39, 0.29) is 25.9 Å². The Labute approximate surface area is 187 Å². The van der Waals surface area contributed by atoms with E-state index in [4.69, 9.17) is 28.2 Å². The molecule has 0 aliphatic carbocycles. The van der Waals surface area contributed by atoms with Crippen LogP contribution in [-0.2, 0) is 0 Å². The van der Waals surface area contributed by atoms with Gasteiger partial charge in [0.15, 0.2) is 5.79 Å². The fourth-order valence-corrected chi connectivity index (χ4v) is 4.92. The van der Waals surface area contributed by atoms with Gasteiger partial charge in [-0.1, -0.05) is 23.2 Å². The number of halogens is 5. The first kappa shape index (κ1) is 21.8. The highest BCUT2D eigenvalue weighted by Gasteiger charge is 2.44. The van der Waals surface area contributed by atoms with Crippen molar-refractivity contribution >= 4 is 46.5 Å². The maximum Gasteiger partial charge on any atom is 0.314 e. The molecule has 1 fully saturated rings. The van der Waals surface area contributed by atoms with Crippen LogP contribution in [0.5, 0.6) is 0 Å². The Morgan fingerprint density at radius 3 is 2.40 bits per heavy atom. The van der Waals surface area contributed by atoms with Gasteiger partial charge in [-0.25, -0.2) is 14.7 Å². The van der Waals surface area contributed by atoms with Gasteiger partial charge in [0.25, 0.3) is 0 Å². The summed E-state index contributed by atoms with van der Waals surface area (Å²) in [4.78, 5) is 7.33. The lowest BCUT2D eigenvalue weighted by atomic mass is 10.0. The van der Waals surface area contributed by atoms with Gasteiger partial charge in [0.05, 0.1) is 16.5 Å². The number of hydrogen-bond acceptors (Lipinski definition) is 4. The van der Waals surface area contributed by atoms with Gasteiger partial charge in [-0.05, 0) is 48.9 Å². The van der Waals surface area contributed by atoms with E-state index in [1.807, 2.05) is 22.3 Å². The van der Waals surface area contributed by atoms with E-state index in [1.54, 1.807) is 31.2 Å². The van der Waals surface area contributed by atoms with Gasteiger partial charge in [-0.15, -0.1) is 11.8 Å². The Morgan fingerprint density at radius 1 is 1.07 bits per heavy atom. The van der Waals surface area contributed by atoms with E-state index < -0.39 is 17.6 Å². The molecule has 3 nitrogen and oxygen atoms in total. The summed E-state index contributed by atoms with van der Waals surface area (Å²) >= 11 is 13.4. The van der Waals surface area contributed by atoms with Gasteiger partial charge in [0.1, 0.15) is 5.84 Å². The first-order valence-corrected chi connectivity index (χ1v) is 11.3. The van der Waals surface area contributed by atoms with Gasteiger partial charge >= 0.3 is 6.05 Å². The number of piperidine rings is 1. The van der Waals surface area contributed by atoms with Crippen molar-refractivity contribution in [2.75, 3.05) is 18.8 Å². The van der Waals surface area contributed by atoms with Crippen molar-refractivity contribution in [3.63, 3.8) is 0 Å². The summed E-state index contributed by atoms with van der Waals surface area (Å²) in [6, 6.07) is 7.26. The molecule has 1 saturated heterocycles. The predicted molar refractivity (Wildman–Crippen MR) is 117 cm³/mol. The van der Waals surface area contributed by atoms with Crippen molar-refractivity contribution < 1.29 is 13.2 Å². The molecule has 160 valence electrons. The molecule has 3 heterocycles. The molecule has 1 N–H and O–H groups in total. The van der Waals surface area contributed by atoms with Crippen LogP contribution in [-0.4, -0.2) is 41.4 Å². The third-order valence-corrected chi connectivity index (χ3v) is 7.06. The first-order chi connectivity index (χ1) is 14.1. The summed E-state index contributed by atoms with van der Waals surface area (Å²) in [6.45, 7) is 2.28. The first-order valence-electron chi connectivity index (χ1n) is 9.53. The second-order valence-electron chi connectivity index (χ2n) is 7.58. The lowest BCUT2D eigenvalue weighted by Crippen LogP contribution is -2.58. The van der Waals surface area contributed by atoms with Gasteiger partial charge in [-0.2, -0.15) is 8.78 Å². The zero-order valence-electron chi connectivity index (χ0n) is 16.2. The van der Waals surface area contributed by atoms with Crippen molar-refractivity contribution in [2.24, 2.45) is 4.99 Å². The third-order valence-electron chi connectivity index (χ3n) is 5.24. The highest BCUT2D eigenvalue weighted by Crippen LogP contribution is 2.38. The van der Waals surface area contributed by atoms with Crippen LogP contribution in [0.2, 0.25) is 10.0 Å². The minimum atomic E-state index is -3.35. The summed E-state index contributed by atoms with van der Waals surface area (Å²) in [5.74, 6) is -2.11. The minimum absolute atomic E-state index is 0.0792. The van der Waals surface area contributed by atoms with Crippen LogP contribution >= 0.6 is 35.0 Å². The van der Waals surface area contributed by atoms with Crippen LogP contribution in [0.15, 0.2) is 46.3 Å². The van der Waals surface area contributed by atoms with Crippen molar-refractivity contribution in [3.05, 3.63) is 57.6 Å². The molecule has 0 unspecified atom stereocenters. The SMILES string of the molecule is Cc1cc(Cl)c2cc1SCC(F)(F)NC1(F)CCN(CC1)C(c1ccc(Cl)cc1)=N2. The molecule has 5 rings (SSSR count). The fraction of sp³-hybridized carbons (Fsp3) is 0.381. The molecular weight excluding hydrogens is 454 g/mol. The van der Waals surface area contributed by atoms with Gasteiger partial charge in [-0.3, -0.25) is 0 Å². The number of fused-ring (bicyclic) bond motifs is 5. The summed E-state index contributed by atoms with van der Waals surface area (Å²) < 4.78 is 44.2. The largest absolute Gasteiger partial charge is 0.356 e. The Balaban J connectivity index is 1.84. The lowest BCUT2D eigenvalue weighted by Gasteiger charge is -2.40. The lowest BCUT2D eigenvalue weighted by molar-refractivity contribution is -0.0921. The summed E-state index contributed by atoms with van der Waals surface area (Å²) in [7, 11) is 0. The number of aryl methyl sites for hydroxylation is 1. The zero-order chi connectivity index (χ0) is 21.5. The monoisotopic (exact) mass is 473 g/mol. The molecule has 0 saturated carbocycles. The van der Waals surface area contributed by atoms with Crippen LogP contribution in [0.4, 0.5) is 18.9 Å². The summed E-state index contributed by atoms with van der Waals surface area (Å²) in [6.07, 6.45) is -0.158. The van der Waals surface area contributed by atoms with E-state index in [2.05, 4.69) is 0 Å². The number of thioether (sulfide) groups is 1. The Morgan fingerprint density at radius 2 is 1.73 bits per heavy atom. The topological polar surface area (TPSA) is 27.6 Å². The summed E-state index contributed by atoms with van der Waals surface area (Å²) in [5.41, 5.74) is 2.05. The maximum atomic E-state index is 15.2. The van der Waals surface area contributed by atoms with E-state index in [9.17, 15) is 8.78 Å². The molecule has 2 aromatic carbocycles. The number of rotatable bonds is 1. The van der Waals surface area contributed by atoms with Crippen molar-refractivity contribution in [1.29, 1.82) is 0 Å². The average Bonchev–Trinajstić information content (AvgIpc) is 2.68. The van der Waals surface area contributed by atoms with Crippen molar-refractivity contribution in [1.82, 2.24) is 10.2 Å². The second-order valence-corrected chi connectivity index (χ2v) is 9.44. The molecule has 9 heteroatoms. The molecule has 2 aromatic rings. The van der Waals surface area contributed by atoms with Crippen LogP contribution in [0.1, 0.15) is 24.0 Å². The van der Waals surface area contributed by atoms with E-state index in [1.165, 1.54) is 0 Å². The van der Waals surface area contributed by atoms with Crippen LogP contribution in [0, 0.1) is 6.92 Å². The van der Waals surface area contributed by atoms with E-state index >= 15 is 4.39 Å². The Kier molecular flexibility index (Phi) is 6.01. The number of amidine groups is 1. The quantitative estimate of drug-likeness (QED) is 0.483. The fourth-order valence-electron chi connectivity index (χ4n) is 3.64. The number of nitrogens with one attached hydrogen (secondary N) is 1.